The number of fused-ring (bicyclic) bond motifs is 2. The van der Waals surface area contributed by atoms with Crippen LogP contribution >= 0.6 is 11.3 Å². The van der Waals surface area contributed by atoms with Gasteiger partial charge in [-0.25, -0.2) is 34.1 Å². The van der Waals surface area contributed by atoms with E-state index in [1.807, 2.05) is 18.3 Å². The number of carbonyl (C=O) groups is 4. The second-order valence-electron chi connectivity index (χ2n) is 8.79. The molecule has 0 spiro atoms. The molecule has 0 aliphatic carbocycles. The summed E-state index contributed by atoms with van der Waals surface area (Å²) in [5.74, 6) is -6.49. The van der Waals surface area contributed by atoms with Crippen molar-refractivity contribution in [2.24, 2.45) is 0 Å². The summed E-state index contributed by atoms with van der Waals surface area (Å²) in [6, 6.07) is 10.5. The van der Waals surface area contributed by atoms with E-state index in [0.29, 0.717) is 0 Å². The van der Waals surface area contributed by atoms with Gasteiger partial charge in [0.15, 0.2) is 0 Å². The molecule has 212 valence electrons. The zero-order chi connectivity index (χ0) is 29.4. The van der Waals surface area contributed by atoms with E-state index in [-0.39, 0.29) is 0 Å². The molecule has 15 heteroatoms. The molecule has 0 bridgehead atoms. The standard InChI is InChI=1S/C21H24N6S.2C2H2O4/c1-15-11-16(2)27-13-17(23-21(27)22-15)12-25-7-9-26(10-8-25)14-20-24-18-5-3-4-6-19(18)28-20;2*3-1(4)2(5)6/h3-6,11,13H,7-10,12,14H2,1-2H3;2*(H,3,4)(H,5,6). The molecule has 3 aromatic heterocycles. The number of imidazole rings is 1. The van der Waals surface area contributed by atoms with E-state index >= 15 is 0 Å². The molecular weight excluding hydrogens is 544 g/mol. The van der Waals surface area contributed by atoms with Crippen LogP contribution in [-0.4, -0.2) is 99.6 Å². The van der Waals surface area contributed by atoms with Gasteiger partial charge >= 0.3 is 23.9 Å². The summed E-state index contributed by atoms with van der Waals surface area (Å²) in [5.41, 5.74) is 4.42. The number of aliphatic carboxylic acids is 4. The van der Waals surface area contributed by atoms with Gasteiger partial charge in [-0.2, -0.15) is 0 Å². The molecule has 1 fully saturated rings. The summed E-state index contributed by atoms with van der Waals surface area (Å²) in [6.07, 6.45) is 2.13. The van der Waals surface area contributed by atoms with Crippen LogP contribution in [0.5, 0.6) is 0 Å². The second-order valence-corrected chi connectivity index (χ2v) is 9.90. The van der Waals surface area contributed by atoms with Gasteiger partial charge in [-0.1, -0.05) is 12.1 Å². The molecule has 0 atom stereocenters. The van der Waals surface area contributed by atoms with Crippen molar-refractivity contribution in [3.05, 3.63) is 58.6 Å². The van der Waals surface area contributed by atoms with Crippen molar-refractivity contribution in [3.8, 4) is 0 Å². The largest absolute Gasteiger partial charge is 0.473 e. The fourth-order valence-corrected chi connectivity index (χ4v) is 4.92. The third-order valence-corrected chi connectivity index (χ3v) is 6.75. The quantitative estimate of drug-likeness (QED) is 0.257. The molecule has 1 aliphatic rings. The third kappa shape index (κ3) is 8.52. The molecule has 0 radical (unpaired) electrons. The molecule has 1 aromatic carbocycles. The molecule has 0 saturated carbocycles. The van der Waals surface area contributed by atoms with Crippen LogP contribution in [0.1, 0.15) is 22.1 Å². The Morgan fingerprint density at radius 2 is 1.35 bits per heavy atom. The molecule has 0 amide bonds. The summed E-state index contributed by atoms with van der Waals surface area (Å²) in [5, 5.41) is 30.8. The van der Waals surface area contributed by atoms with Crippen molar-refractivity contribution in [3.63, 3.8) is 0 Å². The number of hydrogen-bond donors (Lipinski definition) is 4. The number of benzene rings is 1. The van der Waals surface area contributed by atoms with Gasteiger partial charge in [0.1, 0.15) is 5.01 Å². The van der Waals surface area contributed by atoms with E-state index in [4.69, 9.17) is 49.6 Å². The van der Waals surface area contributed by atoms with Gasteiger partial charge in [0, 0.05) is 50.3 Å². The molecule has 0 unspecified atom stereocenters. The fraction of sp³-hybridized carbons (Fsp3) is 0.320. The predicted molar refractivity (Wildman–Crippen MR) is 143 cm³/mol. The highest BCUT2D eigenvalue weighted by Crippen LogP contribution is 2.23. The van der Waals surface area contributed by atoms with Gasteiger partial charge in [0.05, 0.1) is 22.5 Å². The highest BCUT2D eigenvalue weighted by molar-refractivity contribution is 7.18. The summed E-state index contributed by atoms with van der Waals surface area (Å²) in [6.45, 7) is 10.2. The monoisotopic (exact) mass is 572 g/mol. The number of carboxylic acid groups (broad SMARTS) is 4. The Kier molecular flexibility index (Phi) is 10.2. The second kappa shape index (κ2) is 13.5. The lowest BCUT2D eigenvalue weighted by molar-refractivity contribution is -0.159. The van der Waals surface area contributed by atoms with Crippen molar-refractivity contribution >= 4 is 51.2 Å². The summed E-state index contributed by atoms with van der Waals surface area (Å²) in [7, 11) is 0. The number of carboxylic acids is 4. The minimum Gasteiger partial charge on any atom is -0.473 e. The van der Waals surface area contributed by atoms with Crippen LogP contribution in [0.15, 0.2) is 36.5 Å². The first-order chi connectivity index (χ1) is 18.9. The minimum absolute atomic E-state index is 0.807. The third-order valence-electron chi connectivity index (χ3n) is 5.72. The van der Waals surface area contributed by atoms with Gasteiger partial charge in [-0.05, 0) is 32.0 Å². The van der Waals surface area contributed by atoms with Crippen molar-refractivity contribution < 1.29 is 39.6 Å². The Labute approximate surface area is 231 Å². The van der Waals surface area contributed by atoms with Gasteiger partial charge in [0.2, 0.25) is 5.78 Å². The number of rotatable bonds is 4. The SMILES string of the molecule is Cc1cc(C)n2cc(CN3CCN(Cc4nc5ccccc5s4)CC3)nc2n1.O=C(O)C(=O)O.O=C(O)C(=O)O. The van der Waals surface area contributed by atoms with Gasteiger partial charge in [0.25, 0.3) is 0 Å². The first-order valence-electron chi connectivity index (χ1n) is 12.0. The zero-order valence-corrected chi connectivity index (χ0v) is 22.5. The van der Waals surface area contributed by atoms with Crippen LogP contribution in [0, 0.1) is 13.8 Å². The van der Waals surface area contributed by atoms with Crippen molar-refractivity contribution in [1.82, 2.24) is 29.2 Å². The molecule has 4 heterocycles. The number of para-hydroxylation sites is 1. The van der Waals surface area contributed by atoms with E-state index < -0.39 is 23.9 Å². The first kappa shape index (κ1) is 30.1. The number of thiazole rings is 1. The highest BCUT2D eigenvalue weighted by atomic mass is 32.1. The Hall–Kier alpha value is -4.47. The number of piperazine rings is 1. The van der Waals surface area contributed by atoms with Crippen molar-refractivity contribution in [2.45, 2.75) is 26.9 Å². The molecule has 40 heavy (non-hydrogen) atoms. The van der Waals surface area contributed by atoms with Crippen LogP contribution in [0.2, 0.25) is 0 Å². The van der Waals surface area contributed by atoms with Crippen LogP contribution < -0.4 is 0 Å². The average Bonchev–Trinajstić information content (AvgIpc) is 3.49. The lowest BCUT2D eigenvalue weighted by atomic mass is 10.3. The molecule has 4 aromatic rings. The molecule has 1 aliphatic heterocycles. The Morgan fingerprint density at radius 1 is 0.800 bits per heavy atom. The maximum Gasteiger partial charge on any atom is 0.414 e. The lowest BCUT2D eigenvalue weighted by Gasteiger charge is -2.33. The minimum atomic E-state index is -1.82. The Bertz CT molecular complexity index is 1450. The van der Waals surface area contributed by atoms with Crippen molar-refractivity contribution in [2.75, 3.05) is 26.2 Å². The topological polar surface area (TPSA) is 199 Å². The summed E-state index contributed by atoms with van der Waals surface area (Å²) in [4.78, 5) is 55.4. The van der Waals surface area contributed by atoms with E-state index in [1.165, 1.54) is 15.4 Å². The number of aryl methyl sites for hydroxylation is 2. The fourth-order valence-electron chi connectivity index (χ4n) is 3.91. The maximum absolute atomic E-state index is 9.10. The molecule has 4 N–H and O–H groups in total. The Balaban J connectivity index is 0.000000311. The number of nitrogens with zero attached hydrogens (tertiary/aromatic N) is 6. The van der Waals surface area contributed by atoms with E-state index in [1.54, 1.807) is 0 Å². The van der Waals surface area contributed by atoms with Crippen LogP contribution in [0.25, 0.3) is 16.0 Å². The van der Waals surface area contributed by atoms with Crippen LogP contribution in [-0.2, 0) is 32.3 Å². The van der Waals surface area contributed by atoms with E-state index in [9.17, 15) is 0 Å². The predicted octanol–water partition coefficient (Wildman–Crippen LogP) is 1.58. The van der Waals surface area contributed by atoms with Crippen LogP contribution in [0.3, 0.4) is 0 Å². The van der Waals surface area contributed by atoms with E-state index in [0.717, 1.165) is 62.0 Å². The van der Waals surface area contributed by atoms with Crippen molar-refractivity contribution in [1.29, 1.82) is 0 Å². The Morgan fingerprint density at radius 3 is 1.90 bits per heavy atom. The lowest BCUT2D eigenvalue weighted by Crippen LogP contribution is -2.45. The number of aromatic nitrogens is 4. The highest BCUT2D eigenvalue weighted by Gasteiger charge is 2.19. The zero-order valence-electron chi connectivity index (χ0n) is 21.7. The molecule has 14 nitrogen and oxygen atoms in total. The molecule has 1 saturated heterocycles. The molecule has 5 rings (SSSR count). The first-order valence-corrected chi connectivity index (χ1v) is 12.8. The molecular formula is C25H28N6O8S. The van der Waals surface area contributed by atoms with Gasteiger partial charge < -0.3 is 20.4 Å². The van der Waals surface area contributed by atoms with Crippen LogP contribution in [0.4, 0.5) is 0 Å². The normalized spacial score (nSPS) is 13.7. The summed E-state index contributed by atoms with van der Waals surface area (Å²) >= 11 is 1.81. The van der Waals surface area contributed by atoms with Gasteiger partial charge in [-0.15, -0.1) is 11.3 Å². The number of hydrogen-bond acceptors (Lipinski definition) is 10. The van der Waals surface area contributed by atoms with Gasteiger partial charge in [-0.3, -0.25) is 14.2 Å². The van der Waals surface area contributed by atoms with E-state index in [2.05, 4.69) is 62.6 Å². The maximum atomic E-state index is 9.10. The smallest absolute Gasteiger partial charge is 0.414 e. The average molecular weight is 573 g/mol. The summed E-state index contributed by atoms with van der Waals surface area (Å²) < 4.78 is 3.37.